The van der Waals surface area contributed by atoms with E-state index in [0.717, 1.165) is 30.0 Å². The van der Waals surface area contributed by atoms with Crippen LogP contribution in [0, 0.1) is 0 Å². The van der Waals surface area contributed by atoms with Gasteiger partial charge in [-0.25, -0.2) is 13.2 Å². The first-order valence-electron chi connectivity index (χ1n) is 10.6. The number of nitrogens with one attached hydrogen (secondary N) is 1. The summed E-state index contributed by atoms with van der Waals surface area (Å²) in [4.78, 5) is 24.8. The molecule has 0 unspecified atom stereocenters. The lowest BCUT2D eigenvalue weighted by atomic mass is 10.1. The lowest BCUT2D eigenvalue weighted by Gasteiger charge is -2.26. The number of ether oxygens (including phenoxy) is 1. The van der Waals surface area contributed by atoms with Gasteiger partial charge in [0.1, 0.15) is 4.90 Å². The molecule has 0 spiro atoms. The number of fused-ring (bicyclic) bond motifs is 1. The predicted molar refractivity (Wildman–Crippen MR) is 127 cm³/mol. The van der Waals surface area contributed by atoms with E-state index < -0.39 is 28.5 Å². The van der Waals surface area contributed by atoms with Gasteiger partial charge in [0.25, 0.3) is 5.91 Å². The zero-order chi connectivity index (χ0) is 23.4. The number of anilines is 1. The van der Waals surface area contributed by atoms with Crippen molar-refractivity contribution in [2.75, 3.05) is 25.0 Å². The van der Waals surface area contributed by atoms with Gasteiger partial charge in [0.15, 0.2) is 6.61 Å². The molecule has 1 saturated heterocycles. The summed E-state index contributed by atoms with van der Waals surface area (Å²) in [6.45, 7) is 0.322. The minimum atomic E-state index is -3.83. The third kappa shape index (κ3) is 5.19. The maximum absolute atomic E-state index is 13.0. The van der Waals surface area contributed by atoms with Crippen LogP contribution in [0.2, 0.25) is 5.02 Å². The van der Waals surface area contributed by atoms with Gasteiger partial charge >= 0.3 is 5.97 Å². The Balaban J connectivity index is 1.44. The fourth-order valence-corrected chi connectivity index (χ4v) is 5.82. The molecule has 1 heterocycles. The lowest BCUT2D eigenvalue weighted by molar-refractivity contribution is -0.119. The van der Waals surface area contributed by atoms with E-state index in [0.29, 0.717) is 18.8 Å². The van der Waals surface area contributed by atoms with E-state index in [1.54, 1.807) is 6.07 Å². The number of amides is 1. The van der Waals surface area contributed by atoms with Crippen molar-refractivity contribution in [1.82, 2.24) is 4.31 Å². The van der Waals surface area contributed by atoms with E-state index in [1.807, 2.05) is 36.4 Å². The third-order valence-electron chi connectivity index (χ3n) is 5.50. The Kier molecular flexibility index (Phi) is 6.97. The Morgan fingerprint density at radius 1 is 0.970 bits per heavy atom. The molecule has 0 radical (unpaired) electrons. The molecule has 0 atom stereocenters. The smallest absolute Gasteiger partial charge is 0.338 e. The standard InChI is InChI=1S/C24H23ClN2O5S/c25-20-12-11-18(15-22(20)33(30,31)27-13-4-1-5-14-27)24(29)32-16-23(28)26-21-10-6-8-17-7-2-3-9-19(17)21/h2-3,6-12,15H,1,4-5,13-14,16H2,(H,26,28). The van der Waals surface area contributed by atoms with Gasteiger partial charge in [-0.1, -0.05) is 54.4 Å². The normalized spacial score (nSPS) is 14.7. The molecule has 1 fully saturated rings. The van der Waals surface area contributed by atoms with E-state index in [1.165, 1.54) is 22.5 Å². The SMILES string of the molecule is O=C(COC(=O)c1ccc(Cl)c(S(=O)(=O)N2CCCCC2)c1)Nc1cccc2ccccc12. The summed E-state index contributed by atoms with van der Waals surface area (Å²) in [7, 11) is -3.83. The highest BCUT2D eigenvalue weighted by Crippen LogP contribution is 2.28. The fraction of sp³-hybridized carbons (Fsp3) is 0.250. The maximum atomic E-state index is 13.0. The molecule has 0 aromatic heterocycles. The van der Waals surface area contributed by atoms with Gasteiger partial charge in [0, 0.05) is 24.2 Å². The van der Waals surface area contributed by atoms with Crippen LogP contribution in [-0.2, 0) is 19.6 Å². The van der Waals surface area contributed by atoms with E-state index in [4.69, 9.17) is 16.3 Å². The Bertz CT molecular complexity index is 1300. The monoisotopic (exact) mass is 486 g/mol. The molecule has 0 aliphatic carbocycles. The van der Waals surface area contributed by atoms with E-state index in [9.17, 15) is 18.0 Å². The number of hydrogen-bond acceptors (Lipinski definition) is 5. The molecule has 1 aliphatic heterocycles. The van der Waals surface area contributed by atoms with Crippen molar-refractivity contribution in [3.63, 3.8) is 0 Å². The van der Waals surface area contributed by atoms with Crippen molar-refractivity contribution in [1.29, 1.82) is 0 Å². The number of carbonyl (C=O) groups excluding carboxylic acids is 2. The van der Waals surface area contributed by atoms with Crippen LogP contribution in [0.15, 0.2) is 65.6 Å². The van der Waals surface area contributed by atoms with Crippen LogP contribution in [0.3, 0.4) is 0 Å². The van der Waals surface area contributed by atoms with Crippen molar-refractivity contribution >= 4 is 50.0 Å². The third-order valence-corrected chi connectivity index (χ3v) is 7.88. The first-order chi connectivity index (χ1) is 15.9. The number of carbonyl (C=O) groups is 2. The lowest BCUT2D eigenvalue weighted by Crippen LogP contribution is -2.35. The summed E-state index contributed by atoms with van der Waals surface area (Å²) in [5.41, 5.74) is 0.614. The topological polar surface area (TPSA) is 92.8 Å². The maximum Gasteiger partial charge on any atom is 0.338 e. The van der Waals surface area contributed by atoms with Crippen LogP contribution in [-0.4, -0.2) is 44.3 Å². The Labute approximate surface area is 197 Å². The zero-order valence-corrected chi connectivity index (χ0v) is 19.4. The number of piperidine rings is 1. The van der Waals surface area contributed by atoms with Gasteiger partial charge in [-0.15, -0.1) is 0 Å². The van der Waals surface area contributed by atoms with Crippen molar-refractivity contribution < 1.29 is 22.7 Å². The van der Waals surface area contributed by atoms with Crippen molar-refractivity contribution in [3.8, 4) is 0 Å². The molecule has 33 heavy (non-hydrogen) atoms. The molecule has 1 aliphatic rings. The second-order valence-corrected chi connectivity index (χ2v) is 10.1. The van der Waals surface area contributed by atoms with Crippen LogP contribution in [0.4, 0.5) is 5.69 Å². The van der Waals surface area contributed by atoms with Gasteiger partial charge in [-0.3, -0.25) is 4.79 Å². The van der Waals surface area contributed by atoms with Crippen LogP contribution >= 0.6 is 11.6 Å². The summed E-state index contributed by atoms with van der Waals surface area (Å²) in [6, 6.07) is 17.0. The molecule has 172 valence electrons. The average Bonchev–Trinajstić information content (AvgIpc) is 2.83. The summed E-state index contributed by atoms with van der Waals surface area (Å²) in [6.07, 6.45) is 2.54. The van der Waals surface area contributed by atoms with Gasteiger partial charge in [-0.2, -0.15) is 4.31 Å². The second-order valence-electron chi connectivity index (χ2n) is 7.76. The molecule has 0 saturated carbocycles. The summed E-state index contributed by atoms with van der Waals surface area (Å²) < 4.78 is 32.5. The van der Waals surface area contributed by atoms with Crippen molar-refractivity contribution in [2.45, 2.75) is 24.2 Å². The quantitative estimate of drug-likeness (QED) is 0.519. The molecule has 3 aromatic rings. The molecule has 7 nitrogen and oxygen atoms in total. The zero-order valence-electron chi connectivity index (χ0n) is 17.8. The fourth-order valence-electron chi connectivity index (χ4n) is 3.81. The number of sulfonamides is 1. The van der Waals surface area contributed by atoms with E-state index in [-0.39, 0.29) is 15.5 Å². The largest absolute Gasteiger partial charge is 0.452 e. The first kappa shape index (κ1) is 23.2. The number of esters is 1. The number of hydrogen-bond donors (Lipinski definition) is 1. The Hall–Kier alpha value is -2.94. The molecule has 9 heteroatoms. The molecule has 0 bridgehead atoms. The van der Waals surface area contributed by atoms with Crippen LogP contribution in [0.1, 0.15) is 29.6 Å². The minimum absolute atomic E-state index is 0.00736. The molecule has 1 amide bonds. The highest BCUT2D eigenvalue weighted by Gasteiger charge is 2.29. The second kappa shape index (κ2) is 9.91. The van der Waals surface area contributed by atoms with Crippen molar-refractivity contribution in [2.24, 2.45) is 0 Å². The van der Waals surface area contributed by atoms with E-state index >= 15 is 0 Å². The van der Waals surface area contributed by atoms with Crippen LogP contribution < -0.4 is 5.32 Å². The average molecular weight is 487 g/mol. The predicted octanol–water partition coefficient (Wildman–Crippen LogP) is 4.46. The minimum Gasteiger partial charge on any atom is -0.452 e. The highest BCUT2D eigenvalue weighted by molar-refractivity contribution is 7.89. The van der Waals surface area contributed by atoms with E-state index in [2.05, 4.69) is 5.32 Å². The molecule has 1 N–H and O–H groups in total. The number of nitrogens with zero attached hydrogens (tertiary/aromatic N) is 1. The van der Waals surface area contributed by atoms with Gasteiger partial charge in [0.2, 0.25) is 10.0 Å². The first-order valence-corrected chi connectivity index (χ1v) is 12.4. The number of rotatable bonds is 6. The Morgan fingerprint density at radius 3 is 2.48 bits per heavy atom. The van der Waals surface area contributed by atoms with Gasteiger partial charge in [-0.05, 0) is 42.5 Å². The number of halogens is 1. The van der Waals surface area contributed by atoms with Crippen molar-refractivity contribution in [3.05, 3.63) is 71.2 Å². The van der Waals surface area contributed by atoms with Crippen LogP contribution in [0.5, 0.6) is 0 Å². The molecular formula is C24H23ClN2O5S. The summed E-state index contributed by atoms with van der Waals surface area (Å²) in [5.74, 6) is -1.32. The molecular weight excluding hydrogens is 464 g/mol. The highest BCUT2D eigenvalue weighted by atomic mass is 35.5. The Morgan fingerprint density at radius 2 is 1.70 bits per heavy atom. The van der Waals surface area contributed by atoms with Gasteiger partial charge < -0.3 is 10.1 Å². The van der Waals surface area contributed by atoms with Crippen LogP contribution in [0.25, 0.3) is 10.8 Å². The van der Waals surface area contributed by atoms with Gasteiger partial charge in [0.05, 0.1) is 10.6 Å². The molecule has 4 rings (SSSR count). The molecule has 3 aromatic carbocycles. The number of benzene rings is 3. The summed E-state index contributed by atoms with van der Waals surface area (Å²) >= 11 is 6.15. The summed E-state index contributed by atoms with van der Waals surface area (Å²) in [5, 5.41) is 4.61.